The molecule has 1 N–H and O–H groups in total. The maximum absolute atomic E-state index is 12.1. The number of hydrogen-bond donors (Lipinski definition) is 1. The standard InChI is InChI=1S/C21H23NO6/c1-25-16-8-9-19(26-2)18(11-16)22-20(23)12-28-21(24)13-27-17-7-6-14-4-3-5-15(14)10-17/h6-11H,3-5,12-13H2,1-2H3,(H,22,23). The van der Waals surface area contributed by atoms with Crippen LogP contribution in [0.3, 0.4) is 0 Å². The van der Waals surface area contributed by atoms with E-state index in [0.717, 1.165) is 19.3 Å². The van der Waals surface area contributed by atoms with E-state index in [1.54, 1.807) is 18.2 Å². The third-order valence-corrected chi connectivity index (χ3v) is 4.47. The first-order valence-corrected chi connectivity index (χ1v) is 9.01. The molecule has 3 rings (SSSR count). The van der Waals surface area contributed by atoms with Crippen LogP contribution in [0, 0.1) is 0 Å². The molecule has 1 aliphatic rings. The van der Waals surface area contributed by atoms with E-state index in [0.29, 0.717) is 22.9 Å². The van der Waals surface area contributed by atoms with Crippen molar-refractivity contribution in [3.63, 3.8) is 0 Å². The van der Waals surface area contributed by atoms with E-state index >= 15 is 0 Å². The second kappa shape index (κ2) is 9.12. The summed E-state index contributed by atoms with van der Waals surface area (Å²) in [6.07, 6.45) is 3.27. The molecule has 28 heavy (non-hydrogen) atoms. The van der Waals surface area contributed by atoms with Gasteiger partial charge in [-0.15, -0.1) is 0 Å². The number of aryl methyl sites for hydroxylation is 2. The fourth-order valence-electron chi connectivity index (χ4n) is 3.07. The highest BCUT2D eigenvalue weighted by molar-refractivity contribution is 5.94. The Morgan fingerprint density at radius 1 is 0.929 bits per heavy atom. The Balaban J connectivity index is 1.46. The zero-order valence-electron chi connectivity index (χ0n) is 15.9. The summed E-state index contributed by atoms with van der Waals surface area (Å²) in [5, 5.41) is 2.63. The Bertz CT molecular complexity index is 864. The molecule has 0 fully saturated rings. The highest BCUT2D eigenvalue weighted by Crippen LogP contribution is 2.29. The van der Waals surface area contributed by atoms with Crippen molar-refractivity contribution in [1.82, 2.24) is 0 Å². The molecule has 1 amide bonds. The molecule has 2 aromatic rings. The van der Waals surface area contributed by atoms with E-state index in [1.165, 1.54) is 25.3 Å². The third kappa shape index (κ3) is 4.94. The first-order valence-electron chi connectivity index (χ1n) is 9.01. The average molecular weight is 385 g/mol. The number of nitrogens with one attached hydrogen (secondary N) is 1. The van der Waals surface area contributed by atoms with E-state index in [-0.39, 0.29) is 6.61 Å². The minimum absolute atomic E-state index is 0.255. The average Bonchev–Trinajstić information content (AvgIpc) is 3.18. The number of carbonyl (C=O) groups excluding carboxylic acids is 2. The number of hydrogen-bond acceptors (Lipinski definition) is 6. The molecule has 0 saturated heterocycles. The molecule has 7 heteroatoms. The lowest BCUT2D eigenvalue weighted by atomic mass is 10.1. The van der Waals surface area contributed by atoms with Crippen molar-refractivity contribution in [3.8, 4) is 17.2 Å². The summed E-state index contributed by atoms with van der Waals surface area (Å²) in [6, 6.07) is 10.8. The van der Waals surface area contributed by atoms with Crippen molar-refractivity contribution in [2.75, 3.05) is 32.8 Å². The van der Waals surface area contributed by atoms with E-state index in [4.69, 9.17) is 18.9 Å². The number of fused-ring (bicyclic) bond motifs is 1. The Hall–Kier alpha value is -3.22. The predicted molar refractivity (Wildman–Crippen MR) is 103 cm³/mol. The van der Waals surface area contributed by atoms with Crippen molar-refractivity contribution in [2.45, 2.75) is 19.3 Å². The largest absolute Gasteiger partial charge is 0.497 e. The number of anilines is 1. The van der Waals surface area contributed by atoms with Crippen LogP contribution in [-0.4, -0.2) is 39.3 Å². The van der Waals surface area contributed by atoms with Gasteiger partial charge in [-0.1, -0.05) is 6.07 Å². The van der Waals surface area contributed by atoms with Gasteiger partial charge >= 0.3 is 5.97 Å². The molecule has 0 radical (unpaired) electrons. The predicted octanol–water partition coefficient (Wildman–Crippen LogP) is 2.75. The van der Waals surface area contributed by atoms with Crippen LogP contribution >= 0.6 is 0 Å². The molecule has 2 aromatic carbocycles. The first kappa shape index (κ1) is 19.5. The summed E-state index contributed by atoms with van der Waals surface area (Å²) in [7, 11) is 3.02. The van der Waals surface area contributed by atoms with Crippen LogP contribution in [0.5, 0.6) is 17.2 Å². The fourth-order valence-corrected chi connectivity index (χ4v) is 3.07. The van der Waals surface area contributed by atoms with Gasteiger partial charge in [0.25, 0.3) is 5.91 Å². The van der Waals surface area contributed by atoms with Gasteiger partial charge in [-0.3, -0.25) is 4.79 Å². The molecular formula is C21H23NO6. The zero-order chi connectivity index (χ0) is 19.9. The van der Waals surface area contributed by atoms with Crippen LogP contribution in [-0.2, 0) is 27.2 Å². The monoisotopic (exact) mass is 385 g/mol. The summed E-state index contributed by atoms with van der Waals surface area (Å²) < 4.78 is 20.8. The molecule has 0 atom stereocenters. The molecule has 0 unspecified atom stereocenters. The number of rotatable bonds is 8. The third-order valence-electron chi connectivity index (χ3n) is 4.47. The maximum Gasteiger partial charge on any atom is 0.344 e. The normalized spacial score (nSPS) is 12.1. The summed E-state index contributed by atoms with van der Waals surface area (Å²) in [5.74, 6) is 0.560. The number of carbonyl (C=O) groups is 2. The smallest absolute Gasteiger partial charge is 0.344 e. The second-order valence-corrected chi connectivity index (χ2v) is 6.35. The maximum atomic E-state index is 12.1. The Kier molecular flexibility index (Phi) is 6.37. The lowest BCUT2D eigenvalue weighted by Gasteiger charge is -2.12. The summed E-state index contributed by atoms with van der Waals surface area (Å²) in [5.41, 5.74) is 3.02. The number of ether oxygens (including phenoxy) is 4. The van der Waals surface area contributed by atoms with Gasteiger partial charge in [0.2, 0.25) is 0 Å². The number of benzene rings is 2. The van der Waals surface area contributed by atoms with E-state index in [1.807, 2.05) is 18.2 Å². The van der Waals surface area contributed by atoms with Crippen LogP contribution in [0.25, 0.3) is 0 Å². The number of esters is 1. The summed E-state index contributed by atoms with van der Waals surface area (Å²) in [6.45, 7) is -0.679. The van der Waals surface area contributed by atoms with Gasteiger partial charge in [0.15, 0.2) is 13.2 Å². The van der Waals surface area contributed by atoms with Gasteiger partial charge in [0.05, 0.1) is 19.9 Å². The summed E-state index contributed by atoms with van der Waals surface area (Å²) >= 11 is 0. The van der Waals surface area contributed by atoms with Gasteiger partial charge < -0.3 is 24.3 Å². The van der Waals surface area contributed by atoms with Crippen molar-refractivity contribution in [1.29, 1.82) is 0 Å². The SMILES string of the molecule is COc1ccc(OC)c(NC(=O)COC(=O)COc2ccc3c(c2)CCC3)c1. The number of amides is 1. The summed E-state index contributed by atoms with van der Waals surface area (Å²) in [4.78, 5) is 23.9. The van der Waals surface area contributed by atoms with E-state index < -0.39 is 18.5 Å². The van der Waals surface area contributed by atoms with Crippen molar-refractivity contribution in [3.05, 3.63) is 47.5 Å². The highest BCUT2D eigenvalue weighted by atomic mass is 16.6. The second-order valence-electron chi connectivity index (χ2n) is 6.35. The van der Waals surface area contributed by atoms with Crippen LogP contribution < -0.4 is 19.5 Å². The quantitative estimate of drug-likeness (QED) is 0.704. The molecule has 0 saturated carbocycles. The molecule has 7 nitrogen and oxygen atoms in total. The molecule has 0 heterocycles. The van der Waals surface area contributed by atoms with Crippen LogP contribution in [0.4, 0.5) is 5.69 Å². The van der Waals surface area contributed by atoms with Crippen molar-refractivity contribution >= 4 is 17.6 Å². The minimum atomic E-state index is -0.617. The van der Waals surface area contributed by atoms with Crippen LogP contribution in [0.15, 0.2) is 36.4 Å². The van der Waals surface area contributed by atoms with Gasteiger partial charge in [0, 0.05) is 6.07 Å². The Morgan fingerprint density at radius 3 is 2.50 bits per heavy atom. The molecule has 0 bridgehead atoms. The highest BCUT2D eigenvalue weighted by Gasteiger charge is 2.14. The van der Waals surface area contributed by atoms with Crippen LogP contribution in [0.1, 0.15) is 17.5 Å². The number of methoxy groups -OCH3 is 2. The fraction of sp³-hybridized carbons (Fsp3) is 0.333. The zero-order valence-corrected chi connectivity index (χ0v) is 15.9. The van der Waals surface area contributed by atoms with Crippen molar-refractivity contribution in [2.24, 2.45) is 0 Å². The van der Waals surface area contributed by atoms with E-state index in [2.05, 4.69) is 5.32 Å². The molecule has 0 spiro atoms. The van der Waals surface area contributed by atoms with Gasteiger partial charge in [0.1, 0.15) is 17.2 Å². The Morgan fingerprint density at radius 2 is 1.71 bits per heavy atom. The first-order chi connectivity index (χ1) is 13.6. The minimum Gasteiger partial charge on any atom is -0.497 e. The molecule has 1 aliphatic carbocycles. The molecular weight excluding hydrogens is 362 g/mol. The lowest BCUT2D eigenvalue weighted by Crippen LogP contribution is -2.23. The van der Waals surface area contributed by atoms with Gasteiger partial charge in [-0.2, -0.15) is 0 Å². The molecule has 0 aromatic heterocycles. The molecule has 148 valence electrons. The van der Waals surface area contributed by atoms with Crippen molar-refractivity contribution < 1.29 is 28.5 Å². The molecule has 0 aliphatic heterocycles. The van der Waals surface area contributed by atoms with Crippen LogP contribution in [0.2, 0.25) is 0 Å². The van der Waals surface area contributed by atoms with E-state index in [9.17, 15) is 9.59 Å². The van der Waals surface area contributed by atoms with Gasteiger partial charge in [-0.25, -0.2) is 4.79 Å². The lowest BCUT2D eigenvalue weighted by molar-refractivity contribution is -0.149. The topological polar surface area (TPSA) is 83.1 Å². The van der Waals surface area contributed by atoms with Gasteiger partial charge in [-0.05, 0) is 54.7 Å². The Labute approximate surface area is 163 Å².